The van der Waals surface area contributed by atoms with Crippen molar-refractivity contribution in [1.82, 2.24) is 13.7 Å². The molecular weight excluding hydrogens is 1180 g/mol. The third-order valence-corrected chi connectivity index (χ3v) is 18.9. The third kappa shape index (κ3) is 10.1. The molecule has 0 bridgehead atoms. The summed E-state index contributed by atoms with van der Waals surface area (Å²) in [4.78, 5) is 0. The van der Waals surface area contributed by atoms with Gasteiger partial charge in [0.15, 0.2) is 0 Å². The van der Waals surface area contributed by atoms with Gasteiger partial charge in [0.1, 0.15) is 0 Å². The Labute approximate surface area is 522 Å². The molecule has 0 aliphatic heterocycles. The molecule has 16 aromatic rings. The lowest BCUT2D eigenvalue weighted by atomic mass is 9.95. The predicted molar refractivity (Wildman–Crippen MR) is 387 cm³/mol. The van der Waals surface area contributed by atoms with Gasteiger partial charge in [-0.05, 0) is 140 Å². The van der Waals surface area contributed by atoms with Crippen molar-refractivity contribution in [1.29, 1.82) is 0 Å². The molecule has 6 heteroatoms. The second kappa shape index (κ2) is 24.4. The summed E-state index contributed by atoms with van der Waals surface area (Å²) in [6.07, 6.45) is 8.27. The van der Waals surface area contributed by atoms with Crippen LogP contribution in [0.4, 0.5) is 0 Å². The number of allylic oxidation sites excluding steroid dienone is 3. The van der Waals surface area contributed by atoms with Crippen molar-refractivity contribution in [2.45, 2.75) is 41.5 Å². The lowest BCUT2D eigenvalue weighted by molar-refractivity contribution is 0.916. The number of hydrogen-bond acceptors (Lipinski definition) is 2. The summed E-state index contributed by atoms with van der Waals surface area (Å²) in [7, 11) is 2.12. The van der Waals surface area contributed by atoms with Crippen LogP contribution in [0.3, 0.4) is 0 Å². The highest BCUT2D eigenvalue weighted by atomic mass is 127. The number of aromatic nitrogens is 3. The van der Waals surface area contributed by atoms with Gasteiger partial charge >= 0.3 is 0 Å². The van der Waals surface area contributed by atoms with Crippen LogP contribution in [-0.2, 0) is 7.05 Å². The van der Waals surface area contributed by atoms with Gasteiger partial charge in [-0.25, -0.2) is 0 Å². The molecule has 0 saturated heterocycles. The zero-order valence-corrected chi connectivity index (χ0v) is 52.9. The molecule has 3 nitrogen and oxygen atoms in total. The standard InChI is InChI=1S/C60H36N2S2.C13H15N.C4H8.C2H6.HI/c1-5-25-53-45(17-1)46-18-2-6-26-54(46)61(53)41-29-31-57-51(35-41)49-23-11-21-43(59(49)63-57)39-15-9-13-37(33-39)38-14-10-16-40(34-38)44-22-12-24-50-52-36-42(30-32-58(52)64-60(44)50)62-55-27-7-3-19-47(55)48-20-4-8-28-56(48)62;1-4-7-11-10(2)14(3)13-9-6-5-8-12(11)13;1-3-4-2;1-2;/h1-36H;4-9H,1-3H3;3-4H,1-2H3;1-2H3;1H/b;7-4-;4-3-;;. The maximum atomic E-state index is 2.42. The number of hydrogen-bond donors (Lipinski definition) is 0. The van der Waals surface area contributed by atoms with Crippen molar-refractivity contribution in [2.75, 3.05) is 0 Å². The van der Waals surface area contributed by atoms with Crippen molar-refractivity contribution in [3.05, 3.63) is 272 Å². The number of fused-ring (bicyclic) bond motifs is 13. The smallest absolute Gasteiger partial charge is 0.0541 e. The molecule has 5 heterocycles. The Morgan fingerprint density at radius 3 is 1.08 bits per heavy atom. The molecule has 416 valence electrons. The Bertz CT molecular complexity index is 4810. The van der Waals surface area contributed by atoms with Gasteiger partial charge in [-0.15, -0.1) is 46.7 Å². The molecule has 0 fully saturated rings. The normalized spacial score (nSPS) is 11.5. The van der Waals surface area contributed by atoms with E-state index in [-0.39, 0.29) is 24.0 Å². The fourth-order valence-corrected chi connectivity index (χ4v) is 14.8. The van der Waals surface area contributed by atoms with Crippen LogP contribution in [0, 0.1) is 6.92 Å². The number of aryl methyl sites for hydroxylation is 1. The SMILES string of the molecule is C/C=C\C.C/C=C\c1c(C)n(C)c2ccccc12.CC.I.c1cc(-c2cccc(-c3cccc4c3sc3ccc(-n5c6ccccc6c6ccccc65)cc34)c2)cc(-c2cccc3c2sc2ccc(-n4c5ccccc5c5ccccc54)cc23)c1. The van der Waals surface area contributed by atoms with Gasteiger partial charge in [0.2, 0.25) is 0 Å². The largest absolute Gasteiger partial charge is 0.347 e. The summed E-state index contributed by atoms with van der Waals surface area (Å²) in [5, 5.41) is 11.6. The second-order valence-corrected chi connectivity index (χ2v) is 23.2. The Balaban J connectivity index is 0.000000290. The van der Waals surface area contributed by atoms with Crippen LogP contribution in [0.25, 0.3) is 146 Å². The summed E-state index contributed by atoms with van der Waals surface area (Å²) < 4.78 is 12.3. The zero-order chi connectivity index (χ0) is 57.4. The van der Waals surface area contributed by atoms with Crippen LogP contribution in [-0.4, -0.2) is 13.7 Å². The molecule has 11 aromatic carbocycles. The summed E-state index contributed by atoms with van der Waals surface area (Å²) in [5.74, 6) is 0. The number of para-hydroxylation sites is 5. The van der Waals surface area contributed by atoms with Gasteiger partial charge in [-0.2, -0.15) is 0 Å². The van der Waals surface area contributed by atoms with E-state index in [1.54, 1.807) is 0 Å². The molecule has 0 aliphatic rings. The van der Waals surface area contributed by atoms with Crippen molar-refractivity contribution in [3.63, 3.8) is 0 Å². The van der Waals surface area contributed by atoms with E-state index in [4.69, 9.17) is 0 Å². The number of thiophene rings is 2. The fraction of sp³-hybridized carbons (Fsp3) is 0.0886. The van der Waals surface area contributed by atoms with E-state index < -0.39 is 0 Å². The van der Waals surface area contributed by atoms with E-state index in [1.807, 2.05) is 62.5 Å². The van der Waals surface area contributed by atoms with Crippen LogP contribution in [0.2, 0.25) is 0 Å². The molecule has 16 rings (SSSR count). The van der Waals surface area contributed by atoms with Gasteiger partial charge in [0, 0.05) is 102 Å². The summed E-state index contributed by atoms with van der Waals surface area (Å²) >= 11 is 3.78. The van der Waals surface area contributed by atoms with Gasteiger partial charge in [-0.3, -0.25) is 0 Å². The molecule has 85 heavy (non-hydrogen) atoms. The number of rotatable bonds is 6. The van der Waals surface area contributed by atoms with Crippen molar-refractivity contribution >= 4 is 148 Å². The minimum absolute atomic E-state index is 0. The van der Waals surface area contributed by atoms with Gasteiger partial charge < -0.3 is 13.7 Å². The number of benzene rings is 11. The van der Waals surface area contributed by atoms with Gasteiger partial charge in [-0.1, -0.05) is 202 Å². The van der Waals surface area contributed by atoms with Crippen LogP contribution < -0.4 is 0 Å². The van der Waals surface area contributed by atoms with Crippen molar-refractivity contribution in [3.8, 4) is 44.8 Å². The van der Waals surface area contributed by atoms with Crippen LogP contribution in [0.5, 0.6) is 0 Å². The first-order valence-electron chi connectivity index (χ1n) is 29.2. The minimum Gasteiger partial charge on any atom is -0.347 e. The average molecular weight is 1250 g/mol. The fourth-order valence-electron chi connectivity index (χ4n) is 12.4. The second-order valence-electron chi connectivity index (χ2n) is 21.1. The topological polar surface area (TPSA) is 14.8 Å². The summed E-state index contributed by atoms with van der Waals surface area (Å²) in [6.45, 7) is 12.2. The number of halogens is 1. The molecular formula is C79H66IN3S2. The van der Waals surface area contributed by atoms with Crippen LogP contribution in [0.15, 0.2) is 261 Å². The molecule has 0 N–H and O–H groups in total. The third-order valence-electron chi connectivity index (χ3n) is 16.4. The van der Waals surface area contributed by atoms with Crippen molar-refractivity contribution in [2.24, 2.45) is 7.05 Å². The maximum absolute atomic E-state index is 2.42. The maximum Gasteiger partial charge on any atom is 0.0541 e. The first kappa shape index (κ1) is 56.7. The molecule has 0 radical (unpaired) electrons. The lowest BCUT2D eigenvalue weighted by Crippen LogP contribution is -1.93. The van der Waals surface area contributed by atoms with E-state index in [0.29, 0.717) is 0 Å². The molecule has 5 aromatic heterocycles. The van der Waals surface area contributed by atoms with Crippen LogP contribution in [0.1, 0.15) is 45.9 Å². The molecule has 0 atom stereocenters. The Kier molecular flexibility index (Phi) is 16.3. The summed E-state index contributed by atoms with van der Waals surface area (Å²) in [6, 6.07) is 89.3. The molecule has 0 unspecified atom stereocenters. The Hall–Kier alpha value is -8.79. The lowest BCUT2D eigenvalue weighted by Gasteiger charge is -2.10. The molecule has 0 amide bonds. The number of nitrogens with zero attached hydrogens (tertiary/aromatic N) is 3. The summed E-state index contributed by atoms with van der Waals surface area (Å²) in [5.41, 5.74) is 18.7. The Morgan fingerprint density at radius 1 is 0.329 bits per heavy atom. The van der Waals surface area contributed by atoms with E-state index in [9.17, 15) is 0 Å². The molecule has 0 spiro atoms. The van der Waals surface area contributed by atoms with Gasteiger partial charge in [0.05, 0.1) is 22.1 Å². The highest BCUT2D eigenvalue weighted by molar-refractivity contribution is 14.0. The van der Waals surface area contributed by atoms with E-state index in [2.05, 4.69) is 289 Å². The molecule has 0 saturated carbocycles. The average Bonchev–Trinajstić information content (AvgIpc) is 2.50. The van der Waals surface area contributed by atoms with E-state index in [0.717, 1.165) is 0 Å². The first-order chi connectivity index (χ1) is 41.4. The monoisotopic (exact) mass is 1250 g/mol. The zero-order valence-electron chi connectivity index (χ0n) is 49.0. The minimum atomic E-state index is 0. The highest BCUT2D eigenvalue weighted by Crippen LogP contribution is 2.45. The van der Waals surface area contributed by atoms with E-state index in [1.165, 1.54) is 151 Å². The first-order valence-corrected chi connectivity index (χ1v) is 30.9. The van der Waals surface area contributed by atoms with Gasteiger partial charge in [0.25, 0.3) is 0 Å². The highest BCUT2D eigenvalue weighted by Gasteiger charge is 2.18. The van der Waals surface area contributed by atoms with E-state index >= 15 is 0 Å². The Morgan fingerprint density at radius 2 is 0.682 bits per heavy atom. The van der Waals surface area contributed by atoms with Crippen LogP contribution >= 0.6 is 46.7 Å². The quantitative estimate of drug-likeness (QED) is 0.116. The predicted octanol–water partition coefficient (Wildman–Crippen LogP) is 24.4. The van der Waals surface area contributed by atoms with Crippen molar-refractivity contribution < 1.29 is 0 Å². The molecule has 0 aliphatic carbocycles.